The summed E-state index contributed by atoms with van der Waals surface area (Å²) in [5, 5.41) is 9.38. The molecular formula is C15H21NO3. The second-order valence-corrected chi connectivity index (χ2v) is 5.44. The number of rotatable bonds is 4. The Hall–Kier alpha value is -1.55. The topological polar surface area (TPSA) is 49.8 Å². The third kappa shape index (κ3) is 2.32. The van der Waals surface area contributed by atoms with Crippen LogP contribution in [-0.2, 0) is 4.79 Å². The van der Waals surface area contributed by atoms with E-state index < -0.39 is 5.41 Å². The van der Waals surface area contributed by atoms with Crippen molar-refractivity contribution in [2.75, 3.05) is 25.7 Å². The van der Waals surface area contributed by atoms with Gasteiger partial charge in [-0.1, -0.05) is 6.07 Å². The second kappa shape index (κ2) is 4.85. The van der Waals surface area contributed by atoms with Crippen molar-refractivity contribution in [1.29, 1.82) is 0 Å². The fourth-order valence-electron chi connectivity index (χ4n) is 2.55. The predicted octanol–water partition coefficient (Wildman–Crippen LogP) is 2.05. The van der Waals surface area contributed by atoms with E-state index in [0.29, 0.717) is 5.75 Å². The van der Waals surface area contributed by atoms with E-state index in [1.807, 2.05) is 26.0 Å². The molecule has 0 radical (unpaired) electrons. The van der Waals surface area contributed by atoms with Crippen LogP contribution in [0.5, 0.6) is 5.75 Å². The summed E-state index contributed by atoms with van der Waals surface area (Å²) in [5.74, 6) is 0.669. The summed E-state index contributed by atoms with van der Waals surface area (Å²) < 4.78 is 5.39. The third-order valence-electron chi connectivity index (χ3n) is 3.88. The summed E-state index contributed by atoms with van der Waals surface area (Å²) in [4.78, 5) is 14.1. The first-order valence-electron chi connectivity index (χ1n) is 6.49. The van der Waals surface area contributed by atoms with E-state index in [2.05, 4.69) is 0 Å². The molecule has 1 amide bonds. The molecular weight excluding hydrogens is 242 g/mol. The standard InChI is InChI=1S/C15H21NO3/c1-10-7-11(2)13(12(8-10)19-4)16(3)14(18)15(9-17)5-6-15/h7-8,17H,5-6,9H2,1-4H3. The Morgan fingerprint density at radius 3 is 2.53 bits per heavy atom. The van der Waals surface area contributed by atoms with Crippen LogP contribution in [0.4, 0.5) is 5.69 Å². The Morgan fingerprint density at radius 2 is 2.05 bits per heavy atom. The fraction of sp³-hybridized carbons (Fsp3) is 0.533. The smallest absolute Gasteiger partial charge is 0.235 e. The van der Waals surface area contributed by atoms with E-state index in [4.69, 9.17) is 4.74 Å². The van der Waals surface area contributed by atoms with Crippen LogP contribution < -0.4 is 9.64 Å². The average Bonchev–Trinajstić information content (AvgIpc) is 3.17. The molecule has 0 saturated heterocycles. The molecule has 0 spiro atoms. The number of aryl methyl sites for hydroxylation is 2. The summed E-state index contributed by atoms with van der Waals surface area (Å²) in [6.07, 6.45) is 1.53. The summed E-state index contributed by atoms with van der Waals surface area (Å²) in [6.45, 7) is 3.88. The van der Waals surface area contributed by atoms with Gasteiger partial charge < -0.3 is 14.7 Å². The maximum Gasteiger partial charge on any atom is 0.235 e. The van der Waals surface area contributed by atoms with Gasteiger partial charge in [0.25, 0.3) is 0 Å². The summed E-state index contributed by atoms with van der Waals surface area (Å²) in [7, 11) is 3.35. The summed E-state index contributed by atoms with van der Waals surface area (Å²) in [6, 6.07) is 3.95. The lowest BCUT2D eigenvalue weighted by molar-refractivity contribution is -0.124. The first-order valence-corrected chi connectivity index (χ1v) is 6.49. The van der Waals surface area contributed by atoms with Crippen LogP contribution >= 0.6 is 0 Å². The highest BCUT2D eigenvalue weighted by Crippen LogP contribution is 2.48. The minimum absolute atomic E-state index is 0.0275. The molecule has 4 nitrogen and oxygen atoms in total. The number of aliphatic hydroxyl groups is 1. The number of amides is 1. The van der Waals surface area contributed by atoms with Crippen LogP contribution in [0, 0.1) is 19.3 Å². The van der Waals surface area contributed by atoms with Gasteiger partial charge in [-0.3, -0.25) is 4.79 Å². The Kier molecular flexibility index (Phi) is 3.54. The number of hydrogen-bond donors (Lipinski definition) is 1. The Bertz CT molecular complexity index is 506. The molecule has 0 bridgehead atoms. The minimum Gasteiger partial charge on any atom is -0.495 e. The first-order chi connectivity index (χ1) is 8.95. The van der Waals surface area contributed by atoms with Crippen LogP contribution in [0.25, 0.3) is 0 Å². The number of aliphatic hydroxyl groups excluding tert-OH is 1. The highest BCUT2D eigenvalue weighted by atomic mass is 16.5. The monoisotopic (exact) mass is 263 g/mol. The van der Waals surface area contributed by atoms with E-state index >= 15 is 0 Å². The number of nitrogens with zero attached hydrogens (tertiary/aromatic N) is 1. The molecule has 0 unspecified atom stereocenters. The van der Waals surface area contributed by atoms with Crippen LogP contribution in [0.15, 0.2) is 12.1 Å². The van der Waals surface area contributed by atoms with Crippen molar-refractivity contribution in [3.05, 3.63) is 23.3 Å². The van der Waals surface area contributed by atoms with Crippen molar-refractivity contribution in [3.63, 3.8) is 0 Å². The van der Waals surface area contributed by atoms with E-state index in [1.54, 1.807) is 19.1 Å². The third-order valence-corrected chi connectivity index (χ3v) is 3.88. The molecule has 19 heavy (non-hydrogen) atoms. The molecule has 0 heterocycles. The van der Waals surface area contributed by atoms with Gasteiger partial charge in [-0.05, 0) is 43.9 Å². The number of ether oxygens (including phenoxy) is 1. The molecule has 104 valence electrons. The van der Waals surface area contributed by atoms with Gasteiger partial charge in [-0.25, -0.2) is 0 Å². The Morgan fingerprint density at radius 1 is 1.42 bits per heavy atom. The van der Waals surface area contributed by atoms with Gasteiger partial charge in [0.05, 0.1) is 24.8 Å². The molecule has 1 aromatic rings. The molecule has 1 aromatic carbocycles. The van der Waals surface area contributed by atoms with Crippen LogP contribution in [0.1, 0.15) is 24.0 Å². The zero-order chi connectivity index (χ0) is 14.2. The van der Waals surface area contributed by atoms with Gasteiger partial charge in [-0.2, -0.15) is 0 Å². The fourth-order valence-corrected chi connectivity index (χ4v) is 2.55. The van der Waals surface area contributed by atoms with E-state index in [0.717, 1.165) is 29.7 Å². The van der Waals surface area contributed by atoms with Gasteiger partial charge >= 0.3 is 0 Å². The molecule has 1 saturated carbocycles. The van der Waals surface area contributed by atoms with Crippen LogP contribution in [0.3, 0.4) is 0 Å². The molecule has 2 rings (SSSR count). The number of methoxy groups -OCH3 is 1. The molecule has 0 aliphatic heterocycles. The average molecular weight is 263 g/mol. The molecule has 0 aromatic heterocycles. The molecule has 1 N–H and O–H groups in total. The molecule has 1 aliphatic carbocycles. The lowest BCUT2D eigenvalue weighted by Crippen LogP contribution is -2.36. The van der Waals surface area contributed by atoms with E-state index in [1.165, 1.54) is 0 Å². The van der Waals surface area contributed by atoms with Crippen molar-refractivity contribution >= 4 is 11.6 Å². The lowest BCUT2D eigenvalue weighted by atomic mass is 10.0. The van der Waals surface area contributed by atoms with Crippen molar-refractivity contribution in [1.82, 2.24) is 0 Å². The summed E-state index contributed by atoms with van der Waals surface area (Å²) >= 11 is 0. The van der Waals surface area contributed by atoms with E-state index in [-0.39, 0.29) is 12.5 Å². The Labute approximate surface area is 114 Å². The predicted molar refractivity (Wildman–Crippen MR) is 74.6 cm³/mol. The first kappa shape index (κ1) is 13.9. The van der Waals surface area contributed by atoms with Crippen molar-refractivity contribution in [2.45, 2.75) is 26.7 Å². The van der Waals surface area contributed by atoms with Crippen LogP contribution in [-0.4, -0.2) is 31.8 Å². The van der Waals surface area contributed by atoms with Gasteiger partial charge in [0.1, 0.15) is 5.75 Å². The molecule has 1 fully saturated rings. The van der Waals surface area contributed by atoms with Gasteiger partial charge in [0, 0.05) is 7.05 Å². The largest absolute Gasteiger partial charge is 0.495 e. The molecule has 0 atom stereocenters. The highest BCUT2D eigenvalue weighted by Gasteiger charge is 2.51. The zero-order valence-corrected chi connectivity index (χ0v) is 12.0. The maximum atomic E-state index is 12.5. The number of benzene rings is 1. The van der Waals surface area contributed by atoms with Crippen molar-refractivity contribution in [2.24, 2.45) is 5.41 Å². The van der Waals surface area contributed by atoms with Gasteiger partial charge in [0.15, 0.2) is 0 Å². The van der Waals surface area contributed by atoms with Gasteiger partial charge in [-0.15, -0.1) is 0 Å². The molecule has 4 heteroatoms. The number of hydrogen-bond acceptors (Lipinski definition) is 3. The Balaban J connectivity index is 2.38. The number of carbonyl (C=O) groups excluding carboxylic acids is 1. The minimum atomic E-state index is -0.558. The van der Waals surface area contributed by atoms with Crippen molar-refractivity contribution < 1.29 is 14.6 Å². The quantitative estimate of drug-likeness (QED) is 0.904. The van der Waals surface area contributed by atoms with Crippen LogP contribution in [0.2, 0.25) is 0 Å². The number of carbonyl (C=O) groups is 1. The second-order valence-electron chi connectivity index (χ2n) is 5.44. The summed E-state index contributed by atoms with van der Waals surface area (Å²) in [5.41, 5.74) is 2.33. The highest BCUT2D eigenvalue weighted by molar-refractivity contribution is 6.00. The molecule has 1 aliphatic rings. The SMILES string of the molecule is COc1cc(C)cc(C)c1N(C)C(=O)C1(CO)CC1. The van der Waals surface area contributed by atoms with Crippen molar-refractivity contribution in [3.8, 4) is 5.75 Å². The van der Waals surface area contributed by atoms with Gasteiger partial charge in [0.2, 0.25) is 5.91 Å². The zero-order valence-electron chi connectivity index (χ0n) is 12.0. The number of anilines is 1. The maximum absolute atomic E-state index is 12.5. The normalized spacial score (nSPS) is 16.1. The lowest BCUT2D eigenvalue weighted by Gasteiger charge is -2.26. The van der Waals surface area contributed by atoms with E-state index in [9.17, 15) is 9.90 Å².